The van der Waals surface area contributed by atoms with Crippen LogP contribution in [0.3, 0.4) is 0 Å². The van der Waals surface area contributed by atoms with Crippen molar-refractivity contribution in [1.29, 1.82) is 0 Å². The Kier molecular flexibility index (Phi) is 5.79. The van der Waals surface area contributed by atoms with Crippen LogP contribution in [0.1, 0.15) is 60.6 Å². The van der Waals surface area contributed by atoms with E-state index >= 15 is 0 Å². The molecule has 8 heteroatoms. The molecule has 0 bridgehead atoms. The third-order valence-electron chi connectivity index (χ3n) is 6.74. The molecular weight excluding hydrogens is 443 g/mol. The van der Waals surface area contributed by atoms with Gasteiger partial charge < -0.3 is 5.11 Å². The quantitative estimate of drug-likeness (QED) is 0.415. The molecule has 1 aliphatic rings. The second kappa shape index (κ2) is 8.68. The second-order valence-electron chi connectivity index (χ2n) is 10.1. The van der Waals surface area contributed by atoms with Gasteiger partial charge in [-0.2, -0.15) is 10.2 Å². The van der Waals surface area contributed by atoms with Gasteiger partial charge in [0.15, 0.2) is 5.82 Å². The van der Waals surface area contributed by atoms with Crippen LogP contribution in [0.15, 0.2) is 36.7 Å². The van der Waals surface area contributed by atoms with Crippen LogP contribution >= 0.6 is 0 Å². The Morgan fingerprint density at radius 2 is 1.77 bits per heavy atom. The lowest BCUT2D eigenvalue weighted by Gasteiger charge is -2.18. The number of rotatable bonds is 7. The molecule has 5 rings (SSSR count). The van der Waals surface area contributed by atoms with Gasteiger partial charge in [0, 0.05) is 41.5 Å². The molecule has 0 spiro atoms. The summed E-state index contributed by atoms with van der Waals surface area (Å²) in [6.07, 6.45) is 4.61. The lowest BCUT2D eigenvalue weighted by molar-refractivity contribution is 0.0772. The summed E-state index contributed by atoms with van der Waals surface area (Å²) in [6.45, 7) is 10.3. The van der Waals surface area contributed by atoms with Gasteiger partial charge in [-0.1, -0.05) is 0 Å². The molecule has 1 saturated carbocycles. The van der Waals surface area contributed by atoms with Crippen LogP contribution in [0.2, 0.25) is 0 Å². The zero-order chi connectivity index (χ0) is 24.9. The molecule has 3 aromatic heterocycles. The van der Waals surface area contributed by atoms with Crippen LogP contribution in [0.25, 0.3) is 17.1 Å². The molecule has 0 radical (unpaired) electrons. The standard InChI is InChI=1S/C27H31FN6O/c1-16-23(33(14-19-6-7-19)32-26(16)20-8-10-21(28)11-9-20)12-22-13-24(30-15-29-22)34-18(3)25(17(2)31-34)27(4,5)35/h8-11,13,15,19,35H,6-7,12,14H2,1-5H3. The highest BCUT2D eigenvalue weighted by Crippen LogP contribution is 2.34. The van der Waals surface area contributed by atoms with E-state index in [2.05, 4.69) is 26.7 Å². The van der Waals surface area contributed by atoms with Crippen LogP contribution in [-0.2, 0) is 18.6 Å². The van der Waals surface area contributed by atoms with Crippen molar-refractivity contribution < 1.29 is 9.50 Å². The first-order valence-electron chi connectivity index (χ1n) is 12.0. The summed E-state index contributed by atoms with van der Waals surface area (Å²) in [6, 6.07) is 8.45. The van der Waals surface area contributed by atoms with E-state index in [-0.39, 0.29) is 5.82 Å². The molecule has 7 nitrogen and oxygen atoms in total. The molecule has 1 aliphatic carbocycles. The van der Waals surface area contributed by atoms with Crippen molar-refractivity contribution in [2.45, 2.75) is 66.0 Å². The van der Waals surface area contributed by atoms with Gasteiger partial charge >= 0.3 is 0 Å². The van der Waals surface area contributed by atoms with Crippen molar-refractivity contribution in [2.24, 2.45) is 5.92 Å². The van der Waals surface area contributed by atoms with Crippen molar-refractivity contribution >= 4 is 0 Å². The molecule has 0 unspecified atom stereocenters. The Bertz CT molecular complexity index is 1380. The lowest BCUT2D eigenvalue weighted by Crippen LogP contribution is -2.18. The smallest absolute Gasteiger partial charge is 0.157 e. The minimum atomic E-state index is -0.995. The highest BCUT2D eigenvalue weighted by molar-refractivity contribution is 5.64. The molecular formula is C27H31FN6O. The Morgan fingerprint density at radius 1 is 1.06 bits per heavy atom. The minimum Gasteiger partial charge on any atom is -0.386 e. The molecule has 182 valence electrons. The number of benzene rings is 1. The molecule has 0 atom stereocenters. The summed E-state index contributed by atoms with van der Waals surface area (Å²) in [5.41, 5.74) is 6.27. The molecule has 1 aromatic carbocycles. The first-order chi connectivity index (χ1) is 16.6. The Hall–Kier alpha value is -3.39. The summed E-state index contributed by atoms with van der Waals surface area (Å²) in [4.78, 5) is 9.01. The van der Waals surface area contributed by atoms with Gasteiger partial charge in [0.25, 0.3) is 0 Å². The maximum Gasteiger partial charge on any atom is 0.157 e. The maximum atomic E-state index is 13.5. The fourth-order valence-corrected chi connectivity index (χ4v) is 4.91. The Labute approximate surface area is 204 Å². The number of aryl methyl sites for hydroxylation is 1. The normalized spacial score (nSPS) is 14.0. The fourth-order valence-electron chi connectivity index (χ4n) is 4.91. The fraction of sp³-hybridized carbons (Fsp3) is 0.407. The summed E-state index contributed by atoms with van der Waals surface area (Å²) in [5.74, 6) is 1.07. The topological polar surface area (TPSA) is 81.7 Å². The van der Waals surface area contributed by atoms with Crippen molar-refractivity contribution in [3.63, 3.8) is 0 Å². The van der Waals surface area contributed by atoms with Gasteiger partial charge in [0.1, 0.15) is 12.1 Å². The van der Waals surface area contributed by atoms with Gasteiger partial charge in [-0.25, -0.2) is 19.0 Å². The largest absolute Gasteiger partial charge is 0.386 e. The maximum absolute atomic E-state index is 13.5. The van der Waals surface area contributed by atoms with E-state index in [9.17, 15) is 9.50 Å². The third-order valence-corrected chi connectivity index (χ3v) is 6.74. The van der Waals surface area contributed by atoms with Crippen LogP contribution in [0.4, 0.5) is 4.39 Å². The SMILES string of the molecule is Cc1nn(-c2cc(Cc3c(C)c(-c4ccc(F)cc4)nn3CC3CC3)ncn2)c(C)c1C(C)(C)O. The first kappa shape index (κ1) is 23.4. The summed E-state index contributed by atoms with van der Waals surface area (Å²) in [7, 11) is 0. The Balaban J connectivity index is 1.51. The number of aliphatic hydroxyl groups is 1. The van der Waals surface area contributed by atoms with Crippen LogP contribution in [-0.4, -0.2) is 34.6 Å². The minimum absolute atomic E-state index is 0.255. The number of aromatic nitrogens is 6. The highest BCUT2D eigenvalue weighted by Gasteiger charge is 2.27. The predicted molar refractivity (Wildman–Crippen MR) is 132 cm³/mol. The molecule has 0 aliphatic heterocycles. The van der Waals surface area contributed by atoms with E-state index in [1.807, 2.05) is 19.9 Å². The van der Waals surface area contributed by atoms with E-state index in [1.165, 1.54) is 25.0 Å². The molecule has 0 saturated heterocycles. The van der Waals surface area contributed by atoms with Gasteiger partial charge in [-0.15, -0.1) is 0 Å². The first-order valence-corrected chi connectivity index (χ1v) is 12.0. The second-order valence-corrected chi connectivity index (χ2v) is 10.1. The molecule has 1 fully saturated rings. The van der Waals surface area contributed by atoms with E-state index in [1.54, 1.807) is 37.0 Å². The number of halogens is 1. The van der Waals surface area contributed by atoms with Crippen molar-refractivity contribution in [3.8, 4) is 17.1 Å². The van der Waals surface area contributed by atoms with Gasteiger partial charge in [0.2, 0.25) is 0 Å². The lowest BCUT2D eigenvalue weighted by atomic mass is 9.96. The summed E-state index contributed by atoms with van der Waals surface area (Å²) >= 11 is 0. The van der Waals surface area contributed by atoms with Crippen molar-refractivity contribution in [2.75, 3.05) is 0 Å². The number of nitrogens with zero attached hydrogens (tertiary/aromatic N) is 6. The average Bonchev–Trinajstić information content (AvgIpc) is 3.49. The molecule has 4 aromatic rings. The molecule has 3 heterocycles. The molecule has 0 amide bonds. The highest BCUT2D eigenvalue weighted by atomic mass is 19.1. The van der Waals surface area contributed by atoms with Crippen molar-refractivity contribution in [3.05, 3.63) is 76.4 Å². The van der Waals surface area contributed by atoms with E-state index in [0.29, 0.717) is 18.2 Å². The molecule has 1 N–H and O–H groups in total. The zero-order valence-electron chi connectivity index (χ0n) is 20.9. The zero-order valence-corrected chi connectivity index (χ0v) is 20.9. The average molecular weight is 475 g/mol. The van der Waals surface area contributed by atoms with Crippen LogP contribution in [0, 0.1) is 32.5 Å². The van der Waals surface area contributed by atoms with E-state index < -0.39 is 5.60 Å². The van der Waals surface area contributed by atoms with Crippen LogP contribution < -0.4 is 0 Å². The Morgan fingerprint density at radius 3 is 2.40 bits per heavy atom. The van der Waals surface area contributed by atoms with Gasteiger partial charge in [0.05, 0.1) is 22.7 Å². The third kappa shape index (κ3) is 4.62. The van der Waals surface area contributed by atoms with E-state index in [4.69, 9.17) is 5.10 Å². The summed E-state index contributed by atoms with van der Waals surface area (Å²) < 4.78 is 17.4. The van der Waals surface area contributed by atoms with Crippen LogP contribution in [0.5, 0.6) is 0 Å². The van der Waals surface area contributed by atoms with Crippen molar-refractivity contribution in [1.82, 2.24) is 29.5 Å². The summed E-state index contributed by atoms with van der Waals surface area (Å²) in [5, 5.41) is 20.2. The number of hydrogen-bond acceptors (Lipinski definition) is 5. The van der Waals surface area contributed by atoms with Gasteiger partial charge in [-0.05, 0) is 83.2 Å². The monoisotopic (exact) mass is 474 g/mol. The van der Waals surface area contributed by atoms with E-state index in [0.717, 1.165) is 51.7 Å². The van der Waals surface area contributed by atoms with Gasteiger partial charge in [-0.3, -0.25) is 4.68 Å². The predicted octanol–water partition coefficient (Wildman–Crippen LogP) is 4.82. The molecule has 35 heavy (non-hydrogen) atoms. The number of hydrogen-bond donors (Lipinski definition) is 1.